The molecular formula is C14H19N3O3. The zero-order chi connectivity index (χ0) is 14.5. The van der Waals surface area contributed by atoms with E-state index in [9.17, 15) is 9.59 Å². The normalized spacial score (nSPS) is 15.6. The monoisotopic (exact) mass is 277 g/mol. The summed E-state index contributed by atoms with van der Waals surface area (Å²) in [7, 11) is 0. The molecule has 6 nitrogen and oxygen atoms in total. The van der Waals surface area contributed by atoms with E-state index >= 15 is 0 Å². The maximum absolute atomic E-state index is 11.5. The number of hydrogen-bond donors (Lipinski definition) is 3. The zero-order valence-corrected chi connectivity index (χ0v) is 11.2. The van der Waals surface area contributed by atoms with Crippen molar-refractivity contribution in [3.63, 3.8) is 0 Å². The van der Waals surface area contributed by atoms with Crippen molar-refractivity contribution in [2.24, 2.45) is 17.4 Å². The van der Waals surface area contributed by atoms with Crippen LogP contribution in [0.1, 0.15) is 24.4 Å². The van der Waals surface area contributed by atoms with Gasteiger partial charge in [-0.05, 0) is 43.0 Å². The van der Waals surface area contributed by atoms with Gasteiger partial charge in [0.1, 0.15) is 11.8 Å². The molecule has 1 aromatic rings. The molecule has 108 valence electrons. The summed E-state index contributed by atoms with van der Waals surface area (Å²) in [5.41, 5.74) is 11.2. The number of primary amides is 2. The lowest BCUT2D eigenvalue weighted by Crippen LogP contribution is -2.34. The second-order valence-electron chi connectivity index (χ2n) is 5.01. The van der Waals surface area contributed by atoms with Gasteiger partial charge in [-0.25, -0.2) is 0 Å². The van der Waals surface area contributed by atoms with E-state index in [1.807, 2.05) is 0 Å². The van der Waals surface area contributed by atoms with Gasteiger partial charge in [0.05, 0.1) is 0 Å². The molecule has 2 rings (SSSR count). The highest BCUT2D eigenvalue weighted by Crippen LogP contribution is 2.28. The van der Waals surface area contributed by atoms with Gasteiger partial charge >= 0.3 is 0 Å². The van der Waals surface area contributed by atoms with Gasteiger partial charge in [-0.1, -0.05) is 12.1 Å². The lowest BCUT2D eigenvalue weighted by Gasteiger charge is -2.16. The summed E-state index contributed by atoms with van der Waals surface area (Å²) in [6.07, 6.45) is 2.41. The molecule has 6 heteroatoms. The fourth-order valence-electron chi connectivity index (χ4n) is 1.90. The molecule has 20 heavy (non-hydrogen) atoms. The van der Waals surface area contributed by atoms with Crippen LogP contribution in [0, 0.1) is 5.92 Å². The molecule has 5 N–H and O–H groups in total. The number of nitrogens with two attached hydrogens (primary N) is 2. The maximum Gasteiger partial charge on any atom is 0.255 e. The summed E-state index contributed by atoms with van der Waals surface area (Å²) in [5.74, 6) is 0.250. The lowest BCUT2D eigenvalue weighted by atomic mass is 10.1. The van der Waals surface area contributed by atoms with Crippen molar-refractivity contribution >= 4 is 11.8 Å². The fraction of sp³-hybridized carbons (Fsp3) is 0.429. The first-order valence-electron chi connectivity index (χ1n) is 6.60. The van der Waals surface area contributed by atoms with Crippen molar-refractivity contribution in [3.8, 4) is 5.75 Å². The summed E-state index contributed by atoms with van der Waals surface area (Å²) in [6, 6.07) is 6.39. The summed E-state index contributed by atoms with van der Waals surface area (Å²) < 4.78 is 5.16. The highest BCUT2D eigenvalue weighted by Gasteiger charge is 2.24. The Morgan fingerprint density at radius 3 is 2.40 bits per heavy atom. The topological polar surface area (TPSA) is 107 Å². The number of benzene rings is 1. The molecule has 0 aromatic heterocycles. The average molecular weight is 277 g/mol. The van der Waals surface area contributed by atoms with E-state index in [-0.39, 0.29) is 6.61 Å². The highest BCUT2D eigenvalue weighted by molar-refractivity contribution is 5.81. The first-order valence-corrected chi connectivity index (χ1v) is 6.60. The molecule has 1 aliphatic carbocycles. The van der Waals surface area contributed by atoms with Gasteiger partial charge in [0, 0.05) is 0 Å². The van der Waals surface area contributed by atoms with Gasteiger partial charge in [-0.2, -0.15) is 0 Å². The SMILES string of the molecule is NC(=O)COc1ccc(C(NCC2CC2)C(N)=O)cc1. The van der Waals surface area contributed by atoms with Crippen LogP contribution in [-0.2, 0) is 9.59 Å². The minimum atomic E-state index is -0.532. The van der Waals surface area contributed by atoms with E-state index < -0.39 is 17.9 Å². The van der Waals surface area contributed by atoms with E-state index in [2.05, 4.69) is 5.32 Å². The standard InChI is InChI=1S/C14H19N3O3/c15-12(18)8-20-11-5-3-10(4-6-11)13(14(16)19)17-7-9-1-2-9/h3-6,9,13,17H,1-2,7-8H2,(H2,15,18)(H2,16,19). The molecule has 0 heterocycles. The number of nitrogens with one attached hydrogen (secondary N) is 1. The van der Waals surface area contributed by atoms with Crippen LogP contribution in [0.4, 0.5) is 0 Å². The molecule has 1 aliphatic rings. The van der Waals surface area contributed by atoms with E-state index in [0.29, 0.717) is 11.7 Å². The fourth-order valence-corrected chi connectivity index (χ4v) is 1.90. The van der Waals surface area contributed by atoms with Crippen molar-refractivity contribution in [2.75, 3.05) is 13.2 Å². The number of hydrogen-bond acceptors (Lipinski definition) is 4. The number of amides is 2. The highest BCUT2D eigenvalue weighted by atomic mass is 16.5. The molecule has 0 aliphatic heterocycles. The third-order valence-electron chi connectivity index (χ3n) is 3.19. The summed E-state index contributed by atoms with van der Waals surface area (Å²) in [6.45, 7) is 0.631. The lowest BCUT2D eigenvalue weighted by molar-refractivity contribution is -0.120. The first-order chi connectivity index (χ1) is 9.56. The van der Waals surface area contributed by atoms with Crippen LogP contribution < -0.4 is 21.5 Å². The Bertz CT molecular complexity index is 483. The van der Waals surface area contributed by atoms with E-state index in [1.54, 1.807) is 24.3 Å². The molecular weight excluding hydrogens is 258 g/mol. The van der Waals surface area contributed by atoms with Crippen LogP contribution in [0.2, 0.25) is 0 Å². The van der Waals surface area contributed by atoms with Crippen molar-refractivity contribution in [3.05, 3.63) is 29.8 Å². The Balaban J connectivity index is 1.97. The van der Waals surface area contributed by atoms with E-state index in [1.165, 1.54) is 12.8 Å². The average Bonchev–Trinajstić information content (AvgIpc) is 3.21. The zero-order valence-electron chi connectivity index (χ0n) is 11.2. The number of carbonyl (C=O) groups excluding carboxylic acids is 2. The minimum absolute atomic E-state index is 0.168. The van der Waals surface area contributed by atoms with Gasteiger partial charge in [-0.15, -0.1) is 0 Å². The molecule has 2 amide bonds. The van der Waals surface area contributed by atoms with E-state index in [4.69, 9.17) is 16.2 Å². The molecule has 1 fully saturated rings. The second kappa shape index (κ2) is 6.38. The number of rotatable bonds is 8. The van der Waals surface area contributed by atoms with Gasteiger partial charge in [-0.3, -0.25) is 9.59 Å². The molecule has 1 aromatic carbocycles. The minimum Gasteiger partial charge on any atom is -0.484 e. The molecule has 0 saturated heterocycles. The number of carbonyl (C=O) groups is 2. The van der Waals surface area contributed by atoms with Crippen LogP contribution in [0.5, 0.6) is 5.75 Å². The molecule has 0 spiro atoms. The van der Waals surface area contributed by atoms with Gasteiger partial charge in [0.2, 0.25) is 5.91 Å². The van der Waals surface area contributed by atoms with Crippen LogP contribution in [0.3, 0.4) is 0 Å². The van der Waals surface area contributed by atoms with E-state index in [0.717, 1.165) is 12.1 Å². The van der Waals surface area contributed by atoms with Gasteiger partial charge in [0.25, 0.3) is 5.91 Å². The summed E-state index contributed by atoms with van der Waals surface area (Å²) in [4.78, 5) is 22.1. The molecule has 0 radical (unpaired) electrons. The van der Waals surface area contributed by atoms with Crippen LogP contribution in [0.25, 0.3) is 0 Å². The third-order valence-corrected chi connectivity index (χ3v) is 3.19. The maximum atomic E-state index is 11.5. The smallest absolute Gasteiger partial charge is 0.255 e. The third kappa shape index (κ3) is 4.24. The number of ether oxygens (including phenoxy) is 1. The molecule has 1 atom stereocenters. The Morgan fingerprint density at radius 2 is 1.90 bits per heavy atom. The molecule has 1 saturated carbocycles. The summed E-state index contributed by atoms with van der Waals surface area (Å²) >= 11 is 0. The Hall–Kier alpha value is -2.08. The Labute approximate surface area is 117 Å². The quantitative estimate of drug-likeness (QED) is 0.625. The van der Waals surface area contributed by atoms with Crippen molar-refractivity contribution in [1.29, 1.82) is 0 Å². The largest absolute Gasteiger partial charge is 0.484 e. The van der Waals surface area contributed by atoms with Crippen molar-refractivity contribution in [1.82, 2.24) is 5.32 Å². The predicted molar refractivity (Wildman–Crippen MR) is 73.8 cm³/mol. The Kier molecular flexibility index (Phi) is 4.57. The van der Waals surface area contributed by atoms with Crippen molar-refractivity contribution in [2.45, 2.75) is 18.9 Å². The van der Waals surface area contributed by atoms with Crippen LogP contribution in [-0.4, -0.2) is 25.0 Å². The summed E-state index contributed by atoms with van der Waals surface area (Å²) in [5, 5.41) is 3.18. The molecule has 0 bridgehead atoms. The second-order valence-corrected chi connectivity index (χ2v) is 5.01. The predicted octanol–water partition coefficient (Wildman–Crippen LogP) is 0.0767. The van der Waals surface area contributed by atoms with Crippen LogP contribution in [0.15, 0.2) is 24.3 Å². The van der Waals surface area contributed by atoms with Crippen molar-refractivity contribution < 1.29 is 14.3 Å². The van der Waals surface area contributed by atoms with Crippen LogP contribution >= 0.6 is 0 Å². The van der Waals surface area contributed by atoms with Gasteiger partial charge < -0.3 is 21.5 Å². The molecule has 1 unspecified atom stereocenters. The first kappa shape index (κ1) is 14.3. The van der Waals surface area contributed by atoms with Gasteiger partial charge in [0.15, 0.2) is 6.61 Å². The Morgan fingerprint density at radius 1 is 1.25 bits per heavy atom.